The average molecular weight is 451 g/mol. The number of aliphatic hydroxyl groups excluding tert-OH is 2. The second kappa shape index (κ2) is 9.34. The summed E-state index contributed by atoms with van der Waals surface area (Å²) in [5, 5.41) is 21.4. The van der Waals surface area contributed by atoms with E-state index >= 15 is 0 Å². The van der Waals surface area contributed by atoms with Gasteiger partial charge in [-0.3, -0.25) is 9.36 Å². The van der Waals surface area contributed by atoms with Crippen molar-refractivity contribution >= 4 is 11.7 Å². The highest BCUT2D eigenvalue weighted by Crippen LogP contribution is 2.38. The lowest BCUT2D eigenvalue weighted by Gasteiger charge is -2.16. The summed E-state index contributed by atoms with van der Waals surface area (Å²) < 4.78 is 36.3. The molecule has 11 nitrogen and oxygen atoms in total. The zero-order chi connectivity index (χ0) is 23.6. The fourth-order valence-electron chi connectivity index (χ4n) is 3.19. The molecule has 1 aliphatic heterocycles. The summed E-state index contributed by atoms with van der Waals surface area (Å²) in [5.41, 5.74) is -0.878. The van der Waals surface area contributed by atoms with E-state index in [-0.39, 0.29) is 28.4 Å². The van der Waals surface area contributed by atoms with Crippen LogP contribution < -0.4 is 25.2 Å². The first-order valence-electron chi connectivity index (χ1n) is 9.28. The predicted octanol–water partition coefficient (Wildman–Crippen LogP) is 0.467. The van der Waals surface area contributed by atoms with Crippen molar-refractivity contribution in [3.63, 3.8) is 0 Å². The zero-order valence-electron chi connectivity index (χ0n) is 17.5. The van der Waals surface area contributed by atoms with Crippen LogP contribution in [-0.2, 0) is 4.74 Å². The molecule has 0 spiro atoms. The maximum Gasteiger partial charge on any atom is 0.352 e. The van der Waals surface area contributed by atoms with Crippen molar-refractivity contribution in [3.8, 4) is 17.2 Å². The number of rotatable bonds is 7. The zero-order valence-corrected chi connectivity index (χ0v) is 17.5. The van der Waals surface area contributed by atoms with E-state index in [1.54, 1.807) is 0 Å². The fraction of sp³-hybridized carbons (Fsp3) is 0.350. The first-order chi connectivity index (χ1) is 15.2. The number of aromatic nitrogens is 2. The van der Waals surface area contributed by atoms with Crippen LogP contribution in [-0.4, -0.2) is 65.8 Å². The number of halogens is 1. The van der Waals surface area contributed by atoms with Gasteiger partial charge in [-0.1, -0.05) is 6.58 Å². The number of methoxy groups -OCH3 is 3. The third-order valence-electron chi connectivity index (χ3n) is 4.85. The lowest BCUT2D eigenvalue weighted by Crippen LogP contribution is -2.30. The lowest BCUT2D eigenvalue weighted by atomic mass is 10.1. The smallest absolute Gasteiger partial charge is 0.352 e. The molecular formula is C20H22FN3O8. The highest BCUT2D eigenvalue weighted by atomic mass is 19.1. The van der Waals surface area contributed by atoms with Gasteiger partial charge in [0.05, 0.1) is 34.1 Å². The second-order valence-corrected chi connectivity index (χ2v) is 6.72. The van der Waals surface area contributed by atoms with E-state index < -0.39 is 48.3 Å². The van der Waals surface area contributed by atoms with Crippen LogP contribution >= 0.6 is 0 Å². The number of amides is 1. The van der Waals surface area contributed by atoms with E-state index in [1.807, 2.05) is 0 Å². The number of hydrogen-bond acceptors (Lipinski definition) is 9. The Hall–Kier alpha value is -3.48. The van der Waals surface area contributed by atoms with Crippen molar-refractivity contribution in [1.82, 2.24) is 9.55 Å². The van der Waals surface area contributed by atoms with Gasteiger partial charge in [0.25, 0.3) is 5.91 Å². The van der Waals surface area contributed by atoms with E-state index in [0.29, 0.717) is 0 Å². The Balaban J connectivity index is 1.89. The Labute approximate surface area is 181 Å². The molecule has 0 radical (unpaired) electrons. The summed E-state index contributed by atoms with van der Waals surface area (Å²) in [6, 6.07) is 2.70. The summed E-state index contributed by atoms with van der Waals surface area (Å²) in [6.45, 7) is 3.10. The lowest BCUT2D eigenvalue weighted by molar-refractivity contribution is -0.0449. The SMILES string of the molecule is C=C1[C@H](n2cc(F)c(NC(=O)c3cc(OC)c(OC)c(OC)c3)nc2=O)O[C@H](CO)[C@H]1O. The molecule has 0 bridgehead atoms. The van der Waals surface area contributed by atoms with E-state index in [4.69, 9.17) is 18.9 Å². The summed E-state index contributed by atoms with van der Waals surface area (Å²) >= 11 is 0. The Morgan fingerprint density at radius 1 is 1.28 bits per heavy atom. The molecule has 1 saturated heterocycles. The van der Waals surface area contributed by atoms with Gasteiger partial charge in [0.15, 0.2) is 29.4 Å². The number of nitrogens with zero attached hydrogens (tertiary/aromatic N) is 2. The summed E-state index contributed by atoms with van der Waals surface area (Å²) in [7, 11) is 4.15. The van der Waals surface area contributed by atoms with E-state index in [0.717, 1.165) is 10.8 Å². The molecular weight excluding hydrogens is 429 g/mol. The van der Waals surface area contributed by atoms with Gasteiger partial charge in [0, 0.05) is 11.1 Å². The number of nitrogens with one attached hydrogen (secondary N) is 1. The monoisotopic (exact) mass is 451 g/mol. The minimum atomic E-state index is -1.24. The second-order valence-electron chi connectivity index (χ2n) is 6.72. The quantitative estimate of drug-likeness (QED) is 0.512. The maximum atomic E-state index is 14.7. The van der Waals surface area contributed by atoms with Gasteiger partial charge in [-0.25, -0.2) is 9.18 Å². The van der Waals surface area contributed by atoms with Crippen LogP contribution in [0.15, 0.2) is 35.3 Å². The number of carbonyl (C=O) groups is 1. The Morgan fingerprint density at radius 3 is 2.41 bits per heavy atom. The molecule has 2 aromatic rings. The highest BCUT2D eigenvalue weighted by Gasteiger charge is 2.39. The number of aliphatic hydroxyl groups is 2. The molecule has 3 rings (SSSR count). The minimum absolute atomic E-state index is 0.0336. The van der Waals surface area contributed by atoms with Crippen LogP contribution in [0.25, 0.3) is 0 Å². The molecule has 0 unspecified atom stereocenters. The Morgan fingerprint density at radius 2 is 1.91 bits per heavy atom. The van der Waals surface area contributed by atoms with Crippen LogP contribution in [0.2, 0.25) is 0 Å². The van der Waals surface area contributed by atoms with Crippen molar-refractivity contribution in [2.24, 2.45) is 0 Å². The summed E-state index contributed by atoms with van der Waals surface area (Å²) in [4.78, 5) is 28.7. The van der Waals surface area contributed by atoms with Gasteiger partial charge < -0.3 is 34.5 Å². The van der Waals surface area contributed by atoms with E-state index in [1.165, 1.54) is 33.5 Å². The molecule has 172 valence electrons. The molecule has 1 aromatic heterocycles. The molecule has 1 aliphatic rings. The third-order valence-corrected chi connectivity index (χ3v) is 4.85. The number of anilines is 1. The molecule has 2 heterocycles. The predicted molar refractivity (Wildman–Crippen MR) is 109 cm³/mol. The van der Waals surface area contributed by atoms with Crippen molar-refractivity contribution in [1.29, 1.82) is 0 Å². The molecule has 3 N–H and O–H groups in total. The molecule has 1 fully saturated rings. The minimum Gasteiger partial charge on any atom is -0.493 e. The number of carbonyl (C=O) groups excluding carboxylic acids is 1. The normalized spacial score (nSPS) is 20.2. The van der Waals surface area contributed by atoms with Crippen molar-refractivity contribution < 1.29 is 38.3 Å². The maximum absolute atomic E-state index is 14.7. The Bertz CT molecular complexity index is 1080. The standard InChI is InChI=1S/C20H22FN3O8/c1-9-15(26)14(8-25)32-19(9)24-7-11(21)17(23-20(24)28)22-18(27)10-5-12(29-2)16(31-4)13(6-10)30-3/h5-7,14-15,19,25-26H,1,8H2,2-4H3,(H,22,23,27,28)/t14-,15+,19-/m1/s1. The van der Waals surface area contributed by atoms with Gasteiger partial charge >= 0.3 is 5.69 Å². The fourth-order valence-corrected chi connectivity index (χ4v) is 3.19. The third kappa shape index (κ3) is 4.15. The molecule has 0 saturated carbocycles. The topological polar surface area (TPSA) is 141 Å². The van der Waals surface area contributed by atoms with Gasteiger partial charge in [0.1, 0.15) is 12.2 Å². The van der Waals surface area contributed by atoms with Crippen LogP contribution in [0.5, 0.6) is 17.2 Å². The van der Waals surface area contributed by atoms with E-state index in [2.05, 4.69) is 16.9 Å². The first-order valence-corrected chi connectivity index (χ1v) is 9.28. The van der Waals surface area contributed by atoms with Gasteiger partial charge in [0.2, 0.25) is 5.75 Å². The summed E-state index contributed by atoms with van der Waals surface area (Å²) in [6.07, 6.45) is -2.71. The average Bonchev–Trinajstić information content (AvgIpc) is 3.08. The van der Waals surface area contributed by atoms with Crippen LogP contribution in [0, 0.1) is 5.82 Å². The van der Waals surface area contributed by atoms with E-state index in [9.17, 15) is 24.2 Å². The summed E-state index contributed by atoms with van der Waals surface area (Å²) in [5.74, 6) is -1.77. The molecule has 0 aliphatic carbocycles. The van der Waals surface area contributed by atoms with Gasteiger partial charge in [-0.05, 0) is 12.1 Å². The molecule has 3 atom stereocenters. The van der Waals surface area contributed by atoms with Crippen LogP contribution in [0.1, 0.15) is 16.6 Å². The first kappa shape index (κ1) is 23.2. The van der Waals surface area contributed by atoms with Crippen molar-refractivity contribution in [2.75, 3.05) is 33.3 Å². The van der Waals surface area contributed by atoms with Gasteiger partial charge in [-0.2, -0.15) is 4.98 Å². The molecule has 1 aromatic carbocycles. The van der Waals surface area contributed by atoms with Crippen molar-refractivity contribution in [3.05, 3.63) is 52.3 Å². The molecule has 32 heavy (non-hydrogen) atoms. The highest BCUT2D eigenvalue weighted by molar-refractivity contribution is 6.04. The van der Waals surface area contributed by atoms with Crippen LogP contribution in [0.3, 0.4) is 0 Å². The van der Waals surface area contributed by atoms with Crippen molar-refractivity contribution in [2.45, 2.75) is 18.4 Å². The number of ether oxygens (including phenoxy) is 4. The number of hydrogen-bond donors (Lipinski definition) is 3. The molecule has 12 heteroatoms. The van der Waals surface area contributed by atoms with Crippen LogP contribution in [0.4, 0.5) is 10.2 Å². The molecule has 1 amide bonds. The van der Waals surface area contributed by atoms with Gasteiger partial charge in [-0.15, -0.1) is 0 Å². The Kier molecular flexibility index (Phi) is 6.77. The largest absolute Gasteiger partial charge is 0.493 e. The number of benzene rings is 1.